The summed E-state index contributed by atoms with van der Waals surface area (Å²) < 4.78 is 39.7. The van der Waals surface area contributed by atoms with Crippen LogP contribution in [0.5, 0.6) is 5.75 Å². The third-order valence-corrected chi connectivity index (χ3v) is 2.73. The lowest BCUT2D eigenvalue weighted by atomic mass is 10.0. The highest BCUT2D eigenvalue weighted by atomic mass is 19.4. The van der Waals surface area contributed by atoms with E-state index in [1.807, 2.05) is 0 Å². The van der Waals surface area contributed by atoms with Crippen LogP contribution < -0.4 is 15.4 Å². The number of hydrogen-bond donors (Lipinski definition) is 2. The zero-order chi connectivity index (χ0) is 13.9. The number of carbonyl (C=O) groups excluding carboxylic acids is 1. The second-order valence-corrected chi connectivity index (χ2v) is 4.19. The Labute approximate surface area is 107 Å². The molecule has 0 saturated carbocycles. The van der Waals surface area contributed by atoms with Crippen LogP contribution in [0.4, 0.5) is 13.2 Å². The average Bonchev–Trinajstić information content (AvgIpc) is 2.33. The van der Waals surface area contributed by atoms with Gasteiger partial charge in [-0.05, 0) is 24.1 Å². The van der Waals surface area contributed by atoms with Crippen LogP contribution in [0, 0.1) is 0 Å². The van der Waals surface area contributed by atoms with Gasteiger partial charge in [-0.25, -0.2) is 0 Å². The van der Waals surface area contributed by atoms with Crippen molar-refractivity contribution in [3.63, 3.8) is 0 Å². The number of alkyl halides is 3. The number of benzene rings is 1. The monoisotopic (exact) mass is 274 g/mol. The van der Waals surface area contributed by atoms with Gasteiger partial charge in [0.25, 0.3) is 0 Å². The van der Waals surface area contributed by atoms with Crippen molar-refractivity contribution in [1.82, 2.24) is 10.6 Å². The number of rotatable bonds is 3. The third-order valence-electron chi connectivity index (χ3n) is 2.73. The van der Waals surface area contributed by atoms with E-state index in [-0.39, 0.29) is 17.7 Å². The molecule has 2 N–H and O–H groups in total. The summed E-state index contributed by atoms with van der Waals surface area (Å²) in [7, 11) is 0. The maximum Gasteiger partial charge on any atom is 0.573 e. The number of nitrogens with one attached hydrogen (secondary N) is 2. The Morgan fingerprint density at radius 2 is 1.89 bits per heavy atom. The van der Waals surface area contributed by atoms with Crippen molar-refractivity contribution in [3.8, 4) is 5.75 Å². The molecule has 0 bridgehead atoms. The van der Waals surface area contributed by atoms with E-state index in [4.69, 9.17) is 0 Å². The van der Waals surface area contributed by atoms with Gasteiger partial charge in [0.05, 0.1) is 6.04 Å². The summed E-state index contributed by atoms with van der Waals surface area (Å²) in [6.07, 6.45) is -4.26. The summed E-state index contributed by atoms with van der Waals surface area (Å²) in [6, 6.07) is 5.17. The molecule has 2 rings (SSSR count). The van der Waals surface area contributed by atoms with Crippen molar-refractivity contribution in [3.05, 3.63) is 29.8 Å². The fraction of sp³-hybridized carbons (Fsp3) is 0.417. The Bertz CT molecular complexity index is 445. The summed E-state index contributed by atoms with van der Waals surface area (Å²) in [6.45, 7) is 1.28. The van der Waals surface area contributed by atoms with Crippen molar-refractivity contribution in [2.24, 2.45) is 0 Å². The first-order valence-corrected chi connectivity index (χ1v) is 5.80. The number of carbonyl (C=O) groups is 1. The number of ether oxygens (including phenoxy) is 1. The van der Waals surface area contributed by atoms with E-state index in [2.05, 4.69) is 15.4 Å². The first kappa shape index (κ1) is 13.7. The van der Waals surface area contributed by atoms with Gasteiger partial charge in [0.15, 0.2) is 0 Å². The molecule has 1 aliphatic heterocycles. The van der Waals surface area contributed by atoms with Gasteiger partial charge in [-0.3, -0.25) is 4.79 Å². The zero-order valence-corrected chi connectivity index (χ0v) is 9.96. The molecule has 0 aromatic heterocycles. The van der Waals surface area contributed by atoms with Gasteiger partial charge in [-0.15, -0.1) is 13.2 Å². The molecule has 1 aromatic rings. The van der Waals surface area contributed by atoms with Crippen molar-refractivity contribution >= 4 is 5.91 Å². The van der Waals surface area contributed by atoms with Gasteiger partial charge >= 0.3 is 6.36 Å². The van der Waals surface area contributed by atoms with Crippen molar-refractivity contribution < 1.29 is 22.7 Å². The van der Waals surface area contributed by atoms with Crippen LogP contribution in [0.25, 0.3) is 0 Å². The van der Waals surface area contributed by atoms with Crippen molar-refractivity contribution in [1.29, 1.82) is 0 Å². The quantitative estimate of drug-likeness (QED) is 0.871. The maximum atomic E-state index is 12.0. The standard InChI is InChI=1S/C12H13F3N2O2/c13-12(14,15)19-9-3-1-8(2-4-9)7-10-11(18)17-6-5-16-10/h1-4,10,16H,5-7H2,(H,17,18). The second-order valence-electron chi connectivity index (χ2n) is 4.19. The second kappa shape index (κ2) is 5.48. The van der Waals surface area contributed by atoms with Gasteiger partial charge in [0, 0.05) is 13.1 Å². The Hall–Kier alpha value is -1.76. The van der Waals surface area contributed by atoms with Gasteiger partial charge < -0.3 is 15.4 Å². The van der Waals surface area contributed by atoms with Crippen LogP contribution >= 0.6 is 0 Å². The summed E-state index contributed by atoms with van der Waals surface area (Å²) >= 11 is 0. The lowest BCUT2D eigenvalue weighted by Crippen LogP contribution is -2.53. The molecule has 19 heavy (non-hydrogen) atoms. The normalized spacial score (nSPS) is 19.9. The molecule has 1 amide bonds. The Kier molecular flexibility index (Phi) is 3.94. The van der Waals surface area contributed by atoms with Gasteiger partial charge in [0.2, 0.25) is 5.91 Å². The van der Waals surface area contributed by atoms with E-state index in [9.17, 15) is 18.0 Å². The maximum absolute atomic E-state index is 12.0. The molecule has 1 atom stereocenters. The molecule has 1 aliphatic rings. The van der Waals surface area contributed by atoms with E-state index < -0.39 is 6.36 Å². The number of amides is 1. The molecular weight excluding hydrogens is 261 g/mol. The number of piperazine rings is 1. The molecule has 0 radical (unpaired) electrons. The molecular formula is C12H13F3N2O2. The van der Waals surface area contributed by atoms with Crippen LogP contribution in [0.15, 0.2) is 24.3 Å². The number of hydrogen-bond acceptors (Lipinski definition) is 3. The molecule has 1 heterocycles. The molecule has 1 saturated heterocycles. The van der Waals surface area contributed by atoms with E-state index in [1.54, 1.807) is 0 Å². The van der Waals surface area contributed by atoms with Gasteiger partial charge in [0.1, 0.15) is 5.75 Å². The smallest absolute Gasteiger partial charge is 0.406 e. The molecule has 0 aliphatic carbocycles. The van der Waals surface area contributed by atoms with E-state index in [1.165, 1.54) is 24.3 Å². The third kappa shape index (κ3) is 4.13. The van der Waals surface area contributed by atoms with E-state index in [0.29, 0.717) is 19.5 Å². The molecule has 1 aromatic carbocycles. The minimum absolute atomic E-state index is 0.0955. The molecule has 1 unspecified atom stereocenters. The average molecular weight is 274 g/mol. The van der Waals surface area contributed by atoms with Crippen LogP contribution in [0.1, 0.15) is 5.56 Å². The van der Waals surface area contributed by atoms with Crippen LogP contribution in [0.2, 0.25) is 0 Å². The Morgan fingerprint density at radius 1 is 1.21 bits per heavy atom. The van der Waals surface area contributed by atoms with E-state index >= 15 is 0 Å². The van der Waals surface area contributed by atoms with Gasteiger partial charge in [-0.1, -0.05) is 12.1 Å². The topological polar surface area (TPSA) is 50.4 Å². The first-order valence-electron chi connectivity index (χ1n) is 5.80. The van der Waals surface area contributed by atoms with Gasteiger partial charge in [-0.2, -0.15) is 0 Å². The molecule has 7 heteroatoms. The Morgan fingerprint density at radius 3 is 2.47 bits per heavy atom. The molecule has 104 valence electrons. The summed E-state index contributed by atoms with van der Waals surface area (Å²) in [5.74, 6) is -0.362. The predicted octanol–water partition coefficient (Wildman–Crippen LogP) is 1.22. The van der Waals surface area contributed by atoms with E-state index in [0.717, 1.165) is 5.56 Å². The summed E-state index contributed by atoms with van der Waals surface area (Å²) in [5, 5.41) is 5.77. The lowest BCUT2D eigenvalue weighted by molar-refractivity contribution is -0.274. The van der Waals surface area contributed by atoms with Crippen molar-refractivity contribution in [2.45, 2.75) is 18.8 Å². The molecule has 0 spiro atoms. The largest absolute Gasteiger partial charge is 0.573 e. The fourth-order valence-electron chi connectivity index (χ4n) is 1.88. The summed E-state index contributed by atoms with van der Waals surface area (Å²) in [4.78, 5) is 11.5. The zero-order valence-electron chi connectivity index (χ0n) is 9.96. The molecule has 1 fully saturated rings. The predicted molar refractivity (Wildman–Crippen MR) is 61.6 cm³/mol. The highest BCUT2D eigenvalue weighted by Gasteiger charge is 2.31. The Balaban J connectivity index is 1.96. The SMILES string of the molecule is O=C1NCCNC1Cc1ccc(OC(F)(F)F)cc1. The lowest BCUT2D eigenvalue weighted by Gasteiger charge is -2.23. The highest BCUT2D eigenvalue weighted by Crippen LogP contribution is 2.23. The van der Waals surface area contributed by atoms with Crippen LogP contribution in [-0.4, -0.2) is 31.4 Å². The summed E-state index contributed by atoms with van der Waals surface area (Å²) in [5.41, 5.74) is 0.768. The number of halogens is 3. The molecule has 4 nitrogen and oxygen atoms in total. The fourth-order valence-corrected chi connectivity index (χ4v) is 1.88. The minimum Gasteiger partial charge on any atom is -0.406 e. The van der Waals surface area contributed by atoms with Crippen LogP contribution in [-0.2, 0) is 11.2 Å². The van der Waals surface area contributed by atoms with Crippen LogP contribution in [0.3, 0.4) is 0 Å². The highest BCUT2D eigenvalue weighted by molar-refractivity contribution is 5.82. The first-order chi connectivity index (χ1) is 8.94. The minimum atomic E-state index is -4.69. The van der Waals surface area contributed by atoms with Crippen molar-refractivity contribution in [2.75, 3.05) is 13.1 Å².